The van der Waals surface area contributed by atoms with Crippen LogP contribution >= 0.6 is 15.9 Å². The second-order valence-electron chi connectivity index (χ2n) is 5.13. The van der Waals surface area contributed by atoms with Crippen molar-refractivity contribution in [3.05, 3.63) is 76.4 Å². The molecule has 0 spiro atoms. The lowest BCUT2D eigenvalue weighted by Gasteiger charge is -2.17. The molecule has 106 valence electrons. The maximum atomic E-state index is 4.44. The van der Waals surface area contributed by atoms with Gasteiger partial charge in [-0.25, -0.2) is 0 Å². The van der Waals surface area contributed by atoms with Crippen LogP contribution in [0.2, 0.25) is 0 Å². The standard InChI is InChI=1S/C18H17BrN2/c1-20-17(11-13-4-8-16(19)9-5-13)15-7-6-14-3-2-10-21-18(14)12-15/h2-10,12,17,20H,11H2,1H3. The molecule has 0 aliphatic heterocycles. The van der Waals surface area contributed by atoms with E-state index in [-0.39, 0.29) is 6.04 Å². The highest BCUT2D eigenvalue weighted by Gasteiger charge is 2.11. The van der Waals surface area contributed by atoms with Gasteiger partial charge in [-0.1, -0.05) is 46.3 Å². The Balaban J connectivity index is 1.88. The molecule has 0 bridgehead atoms. The number of nitrogens with zero attached hydrogens (tertiary/aromatic N) is 1. The lowest BCUT2D eigenvalue weighted by Crippen LogP contribution is -2.18. The number of halogens is 1. The fourth-order valence-corrected chi connectivity index (χ4v) is 2.81. The lowest BCUT2D eigenvalue weighted by atomic mass is 9.98. The zero-order chi connectivity index (χ0) is 14.7. The quantitative estimate of drug-likeness (QED) is 0.756. The molecule has 2 aromatic carbocycles. The Kier molecular flexibility index (Phi) is 4.32. The van der Waals surface area contributed by atoms with Gasteiger partial charge in [0.1, 0.15) is 0 Å². The minimum absolute atomic E-state index is 0.289. The van der Waals surface area contributed by atoms with Gasteiger partial charge in [0.15, 0.2) is 0 Å². The molecule has 2 nitrogen and oxygen atoms in total. The van der Waals surface area contributed by atoms with Crippen LogP contribution in [0.5, 0.6) is 0 Å². The third-order valence-corrected chi connectivity index (χ3v) is 4.26. The first kappa shape index (κ1) is 14.2. The van der Waals surface area contributed by atoms with Crippen LogP contribution in [-0.2, 0) is 6.42 Å². The Bertz CT molecular complexity index is 738. The first-order chi connectivity index (χ1) is 10.3. The summed E-state index contributed by atoms with van der Waals surface area (Å²) in [5.41, 5.74) is 3.64. The van der Waals surface area contributed by atoms with E-state index in [2.05, 4.69) is 74.8 Å². The summed E-state index contributed by atoms with van der Waals surface area (Å²) in [5, 5.41) is 4.59. The highest BCUT2D eigenvalue weighted by Crippen LogP contribution is 2.22. The number of benzene rings is 2. The molecule has 1 unspecified atom stereocenters. The summed E-state index contributed by atoms with van der Waals surface area (Å²) >= 11 is 3.48. The molecule has 3 aromatic rings. The van der Waals surface area contributed by atoms with Crippen LogP contribution < -0.4 is 5.32 Å². The maximum Gasteiger partial charge on any atom is 0.0705 e. The molecule has 0 aliphatic carbocycles. The van der Waals surface area contributed by atoms with Crippen LogP contribution in [0.4, 0.5) is 0 Å². The number of hydrogen-bond donors (Lipinski definition) is 1. The molecule has 21 heavy (non-hydrogen) atoms. The highest BCUT2D eigenvalue weighted by molar-refractivity contribution is 9.10. The number of likely N-dealkylation sites (N-methyl/N-ethyl adjacent to an activating group) is 1. The first-order valence-electron chi connectivity index (χ1n) is 7.02. The molecule has 0 saturated heterocycles. The molecule has 0 saturated carbocycles. The van der Waals surface area contributed by atoms with Crippen molar-refractivity contribution in [3.63, 3.8) is 0 Å². The molecule has 1 heterocycles. The van der Waals surface area contributed by atoms with E-state index in [1.165, 1.54) is 16.5 Å². The van der Waals surface area contributed by atoms with Crippen LogP contribution in [0.3, 0.4) is 0 Å². The summed E-state index contributed by atoms with van der Waals surface area (Å²) < 4.78 is 1.11. The fraction of sp³-hybridized carbons (Fsp3) is 0.167. The number of hydrogen-bond acceptors (Lipinski definition) is 2. The Morgan fingerprint density at radius 2 is 1.90 bits per heavy atom. The molecular weight excluding hydrogens is 324 g/mol. The molecule has 3 rings (SSSR count). The second kappa shape index (κ2) is 6.37. The van der Waals surface area contributed by atoms with E-state index in [9.17, 15) is 0 Å². The van der Waals surface area contributed by atoms with E-state index in [4.69, 9.17) is 0 Å². The summed E-state index contributed by atoms with van der Waals surface area (Å²) in [4.78, 5) is 4.44. The van der Waals surface area contributed by atoms with Crippen molar-refractivity contribution in [3.8, 4) is 0 Å². The van der Waals surface area contributed by atoms with Gasteiger partial charge in [0, 0.05) is 22.1 Å². The number of nitrogens with one attached hydrogen (secondary N) is 1. The molecule has 1 atom stereocenters. The third kappa shape index (κ3) is 3.31. The van der Waals surface area contributed by atoms with Crippen molar-refractivity contribution < 1.29 is 0 Å². The van der Waals surface area contributed by atoms with Gasteiger partial charge in [-0.05, 0) is 48.9 Å². The van der Waals surface area contributed by atoms with Gasteiger partial charge in [-0.3, -0.25) is 4.98 Å². The van der Waals surface area contributed by atoms with E-state index in [1.54, 1.807) is 0 Å². The van der Waals surface area contributed by atoms with Crippen molar-refractivity contribution in [2.45, 2.75) is 12.5 Å². The fourth-order valence-electron chi connectivity index (χ4n) is 2.54. The monoisotopic (exact) mass is 340 g/mol. The van der Waals surface area contributed by atoms with Gasteiger partial charge < -0.3 is 5.32 Å². The van der Waals surface area contributed by atoms with E-state index >= 15 is 0 Å². The largest absolute Gasteiger partial charge is 0.313 e. The molecule has 0 aliphatic rings. The Morgan fingerprint density at radius 3 is 2.67 bits per heavy atom. The average Bonchev–Trinajstić information content (AvgIpc) is 2.54. The minimum Gasteiger partial charge on any atom is -0.313 e. The Morgan fingerprint density at radius 1 is 1.10 bits per heavy atom. The van der Waals surface area contributed by atoms with Gasteiger partial charge in [0.2, 0.25) is 0 Å². The molecule has 0 fully saturated rings. The molecule has 3 heteroatoms. The van der Waals surface area contributed by atoms with Gasteiger partial charge in [0.05, 0.1) is 5.52 Å². The van der Waals surface area contributed by atoms with Crippen LogP contribution in [-0.4, -0.2) is 12.0 Å². The summed E-state index contributed by atoms with van der Waals surface area (Å²) in [6, 6.07) is 19.4. The second-order valence-corrected chi connectivity index (χ2v) is 6.04. The number of fused-ring (bicyclic) bond motifs is 1. The van der Waals surface area contributed by atoms with Crippen LogP contribution in [0.1, 0.15) is 17.2 Å². The van der Waals surface area contributed by atoms with Gasteiger partial charge in [-0.2, -0.15) is 0 Å². The molecular formula is C18H17BrN2. The zero-order valence-corrected chi connectivity index (χ0v) is 13.5. The summed E-state index contributed by atoms with van der Waals surface area (Å²) in [7, 11) is 2.01. The number of rotatable bonds is 4. The molecule has 0 amide bonds. The van der Waals surface area contributed by atoms with Crippen LogP contribution in [0.25, 0.3) is 10.9 Å². The smallest absolute Gasteiger partial charge is 0.0705 e. The third-order valence-electron chi connectivity index (χ3n) is 3.73. The van der Waals surface area contributed by atoms with Crippen LogP contribution in [0, 0.1) is 0 Å². The van der Waals surface area contributed by atoms with Crippen molar-refractivity contribution in [2.24, 2.45) is 0 Å². The van der Waals surface area contributed by atoms with Crippen molar-refractivity contribution >= 4 is 26.8 Å². The van der Waals surface area contributed by atoms with Crippen LogP contribution in [0.15, 0.2) is 65.3 Å². The average molecular weight is 341 g/mol. The molecule has 0 radical (unpaired) electrons. The minimum atomic E-state index is 0.289. The van der Waals surface area contributed by atoms with E-state index in [0.717, 1.165) is 16.4 Å². The van der Waals surface area contributed by atoms with Crippen molar-refractivity contribution in [2.75, 3.05) is 7.05 Å². The Hall–Kier alpha value is -1.71. The zero-order valence-electron chi connectivity index (χ0n) is 11.9. The molecule has 1 aromatic heterocycles. The Labute approximate surface area is 133 Å². The normalized spacial score (nSPS) is 12.5. The highest BCUT2D eigenvalue weighted by atomic mass is 79.9. The van der Waals surface area contributed by atoms with Gasteiger partial charge in [-0.15, -0.1) is 0 Å². The van der Waals surface area contributed by atoms with Crippen molar-refractivity contribution in [1.82, 2.24) is 10.3 Å². The molecule has 1 N–H and O–H groups in total. The van der Waals surface area contributed by atoms with Crippen molar-refractivity contribution in [1.29, 1.82) is 0 Å². The SMILES string of the molecule is CNC(Cc1ccc(Br)cc1)c1ccc2cccnc2c1. The first-order valence-corrected chi connectivity index (χ1v) is 7.82. The van der Waals surface area contributed by atoms with Gasteiger partial charge in [0.25, 0.3) is 0 Å². The number of aromatic nitrogens is 1. The maximum absolute atomic E-state index is 4.44. The van der Waals surface area contributed by atoms with E-state index in [0.29, 0.717) is 0 Å². The van der Waals surface area contributed by atoms with Gasteiger partial charge >= 0.3 is 0 Å². The van der Waals surface area contributed by atoms with E-state index < -0.39 is 0 Å². The summed E-state index contributed by atoms with van der Waals surface area (Å²) in [5.74, 6) is 0. The summed E-state index contributed by atoms with van der Waals surface area (Å²) in [6.45, 7) is 0. The van der Waals surface area contributed by atoms with E-state index in [1.807, 2.05) is 19.3 Å². The predicted molar refractivity (Wildman–Crippen MR) is 91.4 cm³/mol. The summed E-state index contributed by atoms with van der Waals surface area (Å²) in [6.07, 6.45) is 2.80. The number of pyridine rings is 1. The lowest BCUT2D eigenvalue weighted by molar-refractivity contribution is 0.592. The predicted octanol–water partition coefficient (Wildman–Crippen LogP) is 4.50. The topological polar surface area (TPSA) is 24.9 Å².